The molecule has 1 heterocycles. The van der Waals surface area contributed by atoms with Crippen LogP contribution in [0.25, 0.3) is 0 Å². The van der Waals surface area contributed by atoms with Crippen LogP contribution in [0.4, 0.5) is 11.4 Å². The highest BCUT2D eigenvalue weighted by molar-refractivity contribution is 6.31. The summed E-state index contributed by atoms with van der Waals surface area (Å²) in [5, 5.41) is 4.00. The van der Waals surface area contributed by atoms with Crippen LogP contribution in [0.5, 0.6) is 0 Å². The van der Waals surface area contributed by atoms with Crippen molar-refractivity contribution in [1.82, 2.24) is 0 Å². The standard InChI is InChI=1S/C12H17ClN2O/c13-10-1-2-12(11(14)7-10)15-5-3-9-4-6-16-8-9/h1-2,7,9,15H,3-6,8,14H2. The maximum atomic E-state index is 5.84. The molecular weight excluding hydrogens is 224 g/mol. The number of hydrogen-bond acceptors (Lipinski definition) is 3. The molecule has 3 nitrogen and oxygen atoms in total. The molecule has 1 aromatic carbocycles. The molecule has 0 aromatic heterocycles. The van der Waals surface area contributed by atoms with Gasteiger partial charge in [0, 0.05) is 24.8 Å². The molecule has 1 aromatic rings. The molecule has 4 heteroatoms. The molecule has 1 fully saturated rings. The van der Waals surface area contributed by atoms with Crippen LogP contribution in [0.1, 0.15) is 12.8 Å². The number of halogens is 1. The molecule has 0 saturated carbocycles. The lowest BCUT2D eigenvalue weighted by molar-refractivity contribution is 0.185. The van der Waals surface area contributed by atoms with E-state index in [4.69, 9.17) is 22.1 Å². The van der Waals surface area contributed by atoms with Gasteiger partial charge in [0.1, 0.15) is 0 Å². The quantitative estimate of drug-likeness (QED) is 0.796. The van der Waals surface area contributed by atoms with Crippen molar-refractivity contribution in [3.63, 3.8) is 0 Å². The number of anilines is 2. The maximum Gasteiger partial charge on any atom is 0.0574 e. The summed E-state index contributed by atoms with van der Waals surface area (Å²) < 4.78 is 5.33. The second-order valence-corrected chi connectivity index (χ2v) is 4.61. The van der Waals surface area contributed by atoms with Crippen LogP contribution in [0.3, 0.4) is 0 Å². The summed E-state index contributed by atoms with van der Waals surface area (Å²) in [5.41, 5.74) is 7.51. The van der Waals surface area contributed by atoms with E-state index in [1.165, 1.54) is 6.42 Å². The van der Waals surface area contributed by atoms with Crippen LogP contribution in [-0.4, -0.2) is 19.8 Å². The van der Waals surface area contributed by atoms with Crippen molar-refractivity contribution in [3.05, 3.63) is 23.2 Å². The van der Waals surface area contributed by atoms with Crippen LogP contribution >= 0.6 is 11.6 Å². The van der Waals surface area contributed by atoms with E-state index in [0.717, 1.165) is 31.9 Å². The second-order valence-electron chi connectivity index (χ2n) is 4.18. The minimum absolute atomic E-state index is 0.673. The predicted molar refractivity (Wildman–Crippen MR) is 67.9 cm³/mol. The molecule has 1 aliphatic rings. The number of nitrogens with two attached hydrogens (primary N) is 1. The van der Waals surface area contributed by atoms with Crippen molar-refractivity contribution >= 4 is 23.0 Å². The molecule has 3 N–H and O–H groups in total. The second kappa shape index (κ2) is 5.41. The van der Waals surface area contributed by atoms with Gasteiger partial charge in [0.25, 0.3) is 0 Å². The summed E-state index contributed by atoms with van der Waals surface area (Å²) in [4.78, 5) is 0. The van der Waals surface area contributed by atoms with Crippen molar-refractivity contribution in [2.45, 2.75) is 12.8 Å². The molecule has 16 heavy (non-hydrogen) atoms. The third-order valence-electron chi connectivity index (χ3n) is 2.91. The third kappa shape index (κ3) is 3.03. The first-order valence-electron chi connectivity index (χ1n) is 5.62. The minimum atomic E-state index is 0.673. The highest BCUT2D eigenvalue weighted by Crippen LogP contribution is 2.23. The van der Waals surface area contributed by atoms with E-state index in [-0.39, 0.29) is 0 Å². The number of rotatable bonds is 4. The number of nitrogens with one attached hydrogen (secondary N) is 1. The Bertz CT molecular complexity index is 351. The summed E-state index contributed by atoms with van der Waals surface area (Å²) in [6, 6.07) is 5.53. The molecular formula is C12H17ClN2O. The average Bonchev–Trinajstić information content (AvgIpc) is 2.74. The Hall–Kier alpha value is -0.930. The van der Waals surface area contributed by atoms with Gasteiger partial charge in [0.2, 0.25) is 0 Å². The summed E-state index contributed by atoms with van der Waals surface area (Å²) in [5.74, 6) is 0.695. The minimum Gasteiger partial charge on any atom is -0.397 e. The number of nitrogen functional groups attached to an aromatic ring is 1. The van der Waals surface area contributed by atoms with Gasteiger partial charge in [-0.1, -0.05) is 11.6 Å². The third-order valence-corrected chi connectivity index (χ3v) is 3.14. The average molecular weight is 241 g/mol. The molecule has 88 valence electrons. The van der Waals surface area contributed by atoms with E-state index < -0.39 is 0 Å². The topological polar surface area (TPSA) is 47.3 Å². The van der Waals surface area contributed by atoms with Crippen molar-refractivity contribution in [1.29, 1.82) is 0 Å². The Balaban J connectivity index is 1.80. The number of ether oxygens (including phenoxy) is 1. The van der Waals surface area contributed by atoms with Gasteiger partial charge in [-0.3, -0.25) is 0 Å². The lowest BCUT2D eigenvalue weighted by atomic mass is 10.1. The molecule has 1 unspecified atom stereocenters. The SMILES string of the molecule is Nc1cc(Cl)ccc1NCCC1CCOC1. The maximum absolute atomic E-state index is 5.84. The van der Waals surface area contributed by atoms with E-state index in [1.54, 1.807) is 6.07 Å². The van der Waals surface area contributed by atoms with Crippen molar-refractivity contribution in [2.24, 2.45) is 5.92 Å². The fraction of sp³-hybridized carbons (Fsp3) is 0.500. The molecule has 0 bridgehead atoms. The molecule has 2 rings (SSSR count). The van der Waals surface area contributed by atoms with Crippen LogP contribution in [0, 0.1) is 5.92 Å². The fourth-order valence-electron chi connectivity index (χ4n) is 1.92. The van der Waals surface area contributed by atoms with Gasteiger partial charge in [-0.05, 0) is 37.0 Å². The highest BCUT2D eigenvalue weighted by Gasteiger charge is 2.14. The Labute approximate surface area is 101 Å². The van der Waals surface area contributed by atoms with E-state index in [1.807, 2.05) is 12.1 Å². The number of benzene rings is 1. The van der Waals surface area contributed by atoms with E-state index in [9.17, 15) is 0 Å². The molecule has 0 amide bonds. The summed E-state index contributed by atoms with van der Waals surface area (Å²) >= 11 is 5.83. The highest BCUT2D eigenvalue weighted by atomic mass is 35.5. The van der Waals surface area contributed by atoms with Crippen LogP contribution in [0.2, 0.25) is 5.02 Å². The first-order valence-corrected chi connectivity index (χ1v) is 6.00. The molecule has 0 radical (unpaired) electrons. The van der Waals surface area contributed by atoms with Gasteiger partial charge in [-0.2, -0.15) is 0 Å². The van der Waals surface area contributed by atoms with Crippen molar-refractivity contribution < 1.29 is 4.74 Å². The van der Waals surface area contributed by atoms with E-state index >= 15 is 0 Å². The molecule has 0 spiro atoms. The van der Waals surface area contributed by atoms with Crippen molar-refractivity contribution in [2.75, 3.05) is 30.8 Å². The van der Waals surface area contributed by atoms with Crippen LogP contribution in [-0.2, 0) is 4.74 Å². The van der Waals surface area contributed by atoms with Crippen LogP contribution < -0.4 is 11.1 Å². The first-order chi connectivity index (χ1) is 7.75. The summed E-state index contributed by atoms with van der Waals surface area (Å²) in [6.45, 7) is 2.74. The Kier molecular flexibility index (Phi) is 3.91. The Morgan fingerprint density at radius 3 is 3.06 bits per heavy atom. The zero-order chi connectivity index (χ0) is 11.4. The molecule has 1 saturated heterocycles. The monoisotopic (exact) mass is 240 g/mol. The molecule has 0 aliphatic carbocycles. The smallest absolute Gasteiger partial charge is 0.0574 e. The normalized spacial score (nSPS) is 19.9. The van der Waals surface area contributed by atoms with E-state index in [2.05, 4.69) is 5.32 Å². The van der Waals surface area contributed by atoms with Gasteiger partial charge in [0.05, 0.1) is 11.4 Å². The lowest BCUT2D eigenvalue weighted by Crippen LogP contribution is -2.10. The van der Waals surface area contributed by atoms with Crippen molar-refractivity contribution in [3.8, 4) is 0 Å². The number of hydrogen-bond donors (Lipinski definition) is 2. The fourth-order valence-corrected chi connectivity index (χ4v) is 2.10. The predicted octanol–water partition coefficient (Wildman–Crippen LogP) is 2.76. The summed E-state index contributed by atoms with van der Waals surface area (Å²) in [7, 11) is 0. The lowest BCUT2D eigenvalue weighted by Gasteiger charge is -2.11. The molecule has 1 aliphatic heterocycles. The zero-order valence-corrected chi connectivity index (χ0v) is 9.96. The molecule has 1 atom stereocenters. The van der Waals surface area contributed by atoms with Gasteiger partial charge >= 0.3 is 0 Å². The first kappa shape index (κ1) is 11.6. The Morgan fingerprint density at radius 2 is 2.38 bits per heavy atom. The largest absolute Gasteiger partial charge is 0.397 e. The van der Waals surface area contributed by atoms with Gasteiger partial charge in [0.15, 0.2) is 0 Å². The summed E-state index contributed by atoms with van der Waals surface area (Å²) in [6.07, 6.45) is 2.31. The zero-order valence-electron chi connectivity index (χ0n) is 9.21. The van der Waals surface area contributed by atoms with Gasteiger partial charge in [-0.25, -0.2) is 0 Å². The van der Waals surface area contributed by atoms with Gasteiger partial charge < -0.3 is 15.8 Å². The Morgan fingerprint density at radius 1 is 1.50 bits per heavy atom. The van der Waals surface area contributed by atoms with Crippen LogP contribution in [0.15, 0.2) is 18.2 Å². The van der Waals surface area contributed by atoms with E-state index in [0.29, 0.717) is 16.6 Å². The van der Waals surface area contributed by atoms with Gasteiger partial charge in [-0.15, -0.1) is 0 Å².